The van der Waals surface area contributed by atoms with Crippen LogP contribution in [0, 0.1) is 0 Å². The van der Waals surface area contributed by atoms with Crippen LogP contribution in [0.1, 0.15) is 16.8 Å². The normalized spacial score (nSPS) is 19.1. The van der Waals surface area contributed by atoms with Crippen molar-refractivity contribution in [2.24, 2.45) is 0 Å². The van der Waals surface area contributed by atoms with Crippen molar-refractivity contribution in [3.05, 3.63) is 59.1 Å². The van der Waals surface area contributed by atoms with Gasteiger partial charge in [0.25, 0.3) is 5.91 Å². The van der Waals surface area contributed by atoms with Crippen LogP contribution in [0.2, 0.25) is 5.02 Å². The number of halogens is 1. The van der Waals surface area contributed by atoms with Gasteiger partial charge >= 0.3 is 0 Å². The standard InChI is InChI=1S/C21H21ClN4O3/c22-14-5-7-15(8-6-14)25-9-11-26(12-10-25)19(27)13-18-21(29)23-17-4-2-1-3-16(17)20(28)24-18/h1-8,18H,9-13H2,(H,23,29)(H,24,28)/t18-/m0/s1. The zero-order valence-electron chi connectivity index (χ0n) is 15.7. The maximum atomic E-state index is 12.8. The van der Waals surface area contributed by atoms with Crippen molar-refractivity contribution in [3.63, 3.8) is 0 Å². The van der Waals surface area contributed by atoms with Crippen LogP contribution < -0.4 is 15.5 Å². The fourth-order valence-electron chi connectivity index (χ4n) is 3.62. The molecule has 150 valence electrons. The Balaban J connectivity index is 1.36. The van der Waals surface area contributed by atoms with Crippen molar-refractivity contribution in [3.8, 4) is 0 Å². The summed E-state index contributed by atoms with van der Waals surface area (Å²) in [7, 11) is 0. The van der Waals surface area contributed by atoms with Crippen molar-refractivity contribution < 1.29 is 14.4 Å². The van der Waals surface area contributed by atoms with E-state index in [0.29, 0.717) is 42.5 Å². The minimum Gasteiger partial charge on any atom is -0.368 e. The summed E-state index contributed by atoms with van der Waals surface area (Å²) in [6, 6.07) is 13.5. The van der Waals surface area contributed by atoms with Crippen molar-refractivity contribution in [1.29, 1.82) is 0 Å². The monoisotopic (exact) mass is 412 g/mol. The molecule has 2 aromatic rings. The Morgan fingerprint density at radius 1 is 1.00 bits per heavy atom. The van der Waals surface area contributed by atoms with Crippen LogP contribution in [0.3, 0.4) is 0 Å². The van der Waals surface area contributed by atoms with E-state index in [4.69, 9.17) is 11.6 Å². The molecule has 29 heavy (non-hydrogen) atoms. The zero-order chi connectivity index (χ0) is 20.4. The number of nitrogens with one attached hydrogen (secondary N) is 2. The summed E-state index contributed by atoms with van der Waals surface area (Å²) in [5, 5.41) is 6.09. The third-order valence-corrected chi connectivity index (χ3v) is 5.51. The Morgan fingerprint density at radius 2 is 1.69 bits per heavy atom. The number of carbonyl (C=O) groups excluding carboxylic acids is 3. The van der Waals surface area contributed by atoms with E-state index in [9.17, 15) is 14.4 Å². The van der Waals surface area contributed by atoms with Crippen LogP contribution >= 0.6 is 11.6 Å². The van der Waals surface area contributed by atoms with Crippen LogP contribution in [0.15, 0.2) is 48.5 Å². The fraction of sp³-hybridized carbons (Fsp3) is 0.286. The van der Waals surface area contributed by atoms with Crippen LogP contribution in [0.5, 0.6) is 0 Å². The molecule has 4 rings (SSSR count). The van der Waals surface area contributed by atoms with Gasteiger partial charge in [0.2, 0.25) is 11.8 Å². The highest BCUT2D eigenvalue weighted by atomic mass is 35.5. The molecule has 0 unspecified atom stereocenters. The zero-order valence-corrected chi connectivity index (χ0v) is 16.5. The Hall–Kier alpha value is -3.06. The second-order valence-corrected chi connectivity index (χ2v) is 7.55. The molecule has 0 aliphatic carbocycles. The average molecular weight is 413 g/mol. The lowest BCUT2D eigenvalue weighted by Crippen LogP contribution is -2.51. The van der Waals surface area contributed by atoms with Gasteiger partial charge in [0.15, 0.2) is 0 Å². The minimum atomic E-state index is -0.892. The van der Waals surface area contributed by atoms with Gasteiger partial charge in [-0.15, -0.1) is 0 Å². The van der Waals surface area contributed by atoms with Gasteiger partial charge in [0.1, 0.15) is 6.04 Å². The lowest BCUT2D eigenvalue weighted by molar-refractivity contribution is -0.134. The van der Waals surface area contributed by atoms with Gasteiger partial charge in [0.05, 0.1) is 17.7 Å². The summed E-state index contributed by atoms with van der Waals surface area (Å²) >= 11 is 5.94. The lowest BCUT2D eigenvalue weighted by atomic mass is 10.1. The van der Waals surface area contributed by atoms with Gasteiger partial charge in [-0.05, 0) is 36.4 Å². The minimum absolute atomic E-state index is 0.0630. The summed E-state index contributed by atoms with van der Waals surface area (Å²) < 4.78 is 0. The van der Waals surface area contributed by atoms with E-state index in [1.165, 1.54) is 0 Å². The molecular formula is C21H21ClN4O3. The largest absolute Gasteiger partial charge is 0.368 e. The fourth-order valence-corrected chi connectivity index (χ4v) is 3.75. The molecule has 1 atom stereocenters. The number of fused-ring (bicyclic) bond motifs is 1. The van der Waals surface area contributed by atoms with E-state index in [1.807, 2.05) is 24.3 Å². The van der Waals surface area contributed by atoms with Crippen LogP contribution in [-0.2, 0) is 9.59 Å². The summed E-state index contributed by atoms with van der Waals surface area (Å²) in [4.78, 5) is 41.6. The number of nitrogens with zero attached hydrogens (tertiary/aromatic N) is 2. The molecule has 2 aliphatic heterocycles. The Morgan fingerprint density at radius 3 is 2.41 bits per heavy atom. The van der Waals surface area contributed by atoms with Crippen LogP contribution in [0.25, 0.3) is 0 Å². The van der Waals surface area contributed by atoms with E-state index in [2.05, 4.69) is 15.5 Å². The molecule has 2 N–H and O–H groups in total. The first kappa shape index (κ1) is 19.3. The molecule has 0 spiro atoms. The van der Waals surface area contributed by atoms with Crippen LogP contribution in [0.4, 0.5) is 11.4 Å². The van der Waals surface area contributed by atoms with Crippen molar-refractivity contribution in [1.82, 2.24) is 10.2 Å². The summed E-state index contributed by atoms with van der Waals surface area (Å²) in [6.45, 7) is 2.51. The van der Waals surface area contributed by atoms with E-state index in [0.717, 1.165) is 5.69 Å². The number of anilines is 2. The van der Waals surface area contributed by atoms with E-state index in [1.54, 1.807) is 29.2 Å². The first-order valence-electron chi connectivity index (χ1n) is 9.50. The molecule has 2 aromatic carbocycles. The highest BCUT2D eigenvalue weighted by Gasteiger charge is 2.31. The van der Waals surface area contributed by atoms with Crippen LogP contribution in [-0.4, -0.2) is 54.8 Å². The third-order valence-electron chi connectivity index (χ3n) is 5.25. The summed E-state index contributed by atoms with van der Waals surface area (Å²) in [6.07, 6.45) is -0.0630. The smallest absolute Gasteiger partial charge is 0.254 e. The number of benzene rings is 2. The van der Waals surface area contributed by atoms with Gasteiger partial charge in [0, 0.05) is 36.9 Å². The second kappa shape index (κ2) is 8.13. The molecule has 3 amide bonds. The van der Waals surface area contributed by atoms with E-state index in [-0.39, 0.29) is 24.1 Å². The predicted molar refractivity (Wildman–Crippen MR) is 111 cm³/mol. The number of carbonyl (C=O) groups is 3. The molecule has 8 heteroatoms. The molecule has 0 saturated carbocycles. The van der Waals surface area contributed by atoms with Crippen molar-refractivity contribution >= 4 is 40.7 Å². The summed E-state index contributed by atoms with van der Waals surface area (Å²) in [5.74, 6) is -0.882. The number of hydrogen-bond donors (Lipinski definition) is 2. The van der Waals surface area contributed by atoms with Gasteiger partial charge in [-0.1, -0.05) is 23.7 Å². The molecular weight excluding hydrogens is 392 g/mol. The molecule has 7 nitrogen and oxygen atoms in total. The number of rotatable bonds is 3. The third kappa shape index (κ3) is 4.19. The van der Waals surface area contributed by atoms with E-state index < -0.39 is 6.04 Å². The topological polar surface area (TPSA) is 81.8 Å². The first-order chi connectivity index (χ1) is 14.0. The maximum absolute atomic E-state index is 12.8. The van der Waals surface area contributed by atoms with Gasteiger partial charge in [-0.2, -0.15) is 0 Å². The first-order valence-corrected chi connectivity index (χ1v) is 9.88. The van der Waals surface area contributed by atoms with Gasteiger partial charge in [-0.25, -0.2) is 0 Å². The maximum Gasteiger partial charge on any atom is 0.254 e. The molecule has 2 aliphatic rings. The molecule has 1 saturated heterocycles. The Bertz CT molecular complexity index is 939. The number of amides is 3. The quantitative estimate of drug-likeness (QED) is 0.809. The molecule has 1 fully saturated rings. The van der Waals surface area contributed by atoms with Gasteiger partial charge < -0.3 is 20.4 Å². The SMILES string of the molecule is O=C1N[C@@H](CC(=O)N2CCN(c3ccc(Cl)cc3)CC2)C(=O)Nc2ccccc21. The van der Waals surface area contributed by atoms with Crippen molar-refractivity contribution in [2.75, 3.05) is 36.4 Å². The number of hydrogen-bond acceptors (Lipinski definition) is 4. The molecule has 2 heterocycles. The number of para-hydroxylation sites is 1. The molecule has 0 radical (unpaired) electrons. The van der Waals surface area contributed by atoms with Gasteiger partial charge in [-0.3, -0.25) is 14.4 Å². The van der Waals surface area contributed by atoms with Crippen molar-refractivity contribution in [2.45, 2.75) is 12.5 Å². The summed E-state index contributed by atoms with van der Waals surface area (Å²) in [5.41, 5.74) is 1.92. The molecule has 0 bridgehead atoms. The predicted octanol–water partition coefficient (Wildman–Crippen LogP) is 2.13. The Kier molecular flexibility index (Phi) is 5.40. The molecule has 0 aromatic heterocycles. The Labute approximate surface area is 173 Å². The number of piperazine rings is 1. The highest BCUT2D eigenvalue weighted by Crippen LogP contribution is 2.21. The second-order valence-electron chi connectivity index (χ2n) is 7.11. The van der Waals surface area contributed by atoms with E-state index >= 15 is 0 Å². The lowest BCUT2D eigenvalue weighted by Gasteiger charge is -2.36. The highest BCUT2D eigenvalue weighted by molar-refractivity contribution is 6.30. The average Bonchev–Trinajstić information content (AvgIpc) is 2.85.